The zero-order chi connectivity index (χ0) is 22.8. The van der Waals surface area contributed by atoms with Crippen molar-refractivity contribution in [3.8, 4) is 0 Å². The first-order valence-corrected chi connectivity index (χ1v) is 9.88. The molecule has 0 aliphatic heterocycles. The first-order chi connectivity index (χ1) is 15.5. The molecule has 0 saturated carbocycles. The van der Waals surface area contributed by atoms with Crippen molar-refractivity contribution in [2.24, 2.45) is 0 Å². The molecule has 3 aromatic carbocycles. The highest BCUT2D eigenvalue weighted by Crippen LogP contribution is 2.06. The normalized spacial score (nSPS) is 11.2. The number of hydrogen-bond acceptors (Lipinski definition) is 4. The van der Waals surface area contributed by atoms with Gasteiger partial charge in [0.05, 0.1) is 0 Å². The Bertz CT molecular complexity index is 1040. The van der Waals surface area contributed by atoms with Gasteiger partial charge in [-0.25, -0.2) is 9.18 Å². The third kappa shape index (κ3) is 6.94. The predicted molar refractivity (Wildman–Crippen MR) is 116 cm³/mol. The van der Waals surface area contributed by atoms with Crippen LogP contribution in [0.4, 0.5) is 9.18 Å². The van der Waals surface area contributed by atoms with Gasteiger partial charge in [-0.3, -0.25) is 20.4 Å². The van der Waals surface area contributed by atoms with Crippen LogP contribution in [0, 0.1) is 5.82 Å². The number of carbonyl (C=O) groups excluding carboxylic acids is 3. The first kappa shape index (κ1) is 22.5. The molecule has 7 nitrogen and oxygen atoms in total. The zero-order valence-corrected chi connectivity index (χ0v) is 17.1. The van der Waals surface area contributed by atoms with Crippen molar-refractivity contribution >= 4 is 17.9 Å². The quantitative estimate of drug-likeness (QED) is 0.497. The fourth-order valence-corrected chi connectivity index (χ4v) is 2.85. The monoisotopic (exact) mass is 435 g/mol. The van der Waals surface area contributed by atoms with Gasteiger partial charge in [-0.15, -0.1) is 0 Å². The van der Waals surface area contributed by atoms with Crippen LogP contribution in [0.5, 0.6) is 0 Å². The van der Waals surface area contributed by atoms with Crippen molar-refractivity contribution in [1.82, 2.24) is 16.2 Å². The van der Waals surface area contributed by atoms with Crippen molar-refractivity contribution in [1.29, 1.82) is 0 Å². The highest BCUT2D eigenvalue weighted by molar-refractivity contribution is 5.96. The molecular formula is C24H22FN3O4. The van der Waals surface area contributed by atoms with E-state index >= 15 is 0 Å². The number of alkyl carbamates (subject to hydrolysis) is 1. The SMILES string of the molecule is O=C(N[C@@H](Cc1ccccc1)C(=O)NNC(=O)c1ccc(F)cc1)OCc1ccccc1. The molecule has 0 saturated heterocycles. The Morgan fingerprint density at radius 2 is 1.38 bits per heavy atom. The summed E-state index contributed by atoms with van der Waals surface area (Å²) in [5, 5.41) is 2.53. The summed E-state index contributed by atoms with van der Waals surface area (Å²) in [6.45, 7) is 0.0493. The largest absolute Gasteiger partial charge is 0.445 e. The molecule has 0 aliphatic rings. The maximum atomic E-state index is 13.0. The molecule has 164 valence electrons. The minimum absolute atomic E-state index is 0.0493. The van der Waals surface area contributed by atoms with Crippen LogP contribution in [-0.4, -0.2) is 23.9 Å². The lowest BCUT2D eigenvalue weighted by atomic mass is 10.1. The lowest BCUT2D eigenvalue weighted by Gasteiger charge is -2.19. The number of hydrazine groups is 1. The number of nitrogens with one attached hydrogen (secondary N) is 3. The Balaban J connectivity index is 1.60. The maximum absolute atomic E-state index is 13.0. The number of hydrogen-bond donors (Lipinski definition) is 3. The molecule has 3 aromatic rings. The van der Waals surface area contributed by atoms with Crippen molar-refractivity contribution in [3.05, 3.63) is 107 Å². The van der Waals surface area contributed by atoms with Gasteiger partial charge < -0.3 is 10.1 Å². The molecular weight excluding hydrogens is 413 g/mol. The van der Waals surface area contributed by atoms with E-state index in [0.29, 0.717) is 0 Å². The summed E-state index contributed by atoms with van der Waals surface area (Å²) in [5.74, 6) is -1.74. The van der Waals surface area contributed by atoms with Gasteiger partial charge in [-0.1, -0.05) is 60.7 Å². The third-order valence-corrected chi connectivity index (χ3v) is 4.51. The predicted octanol–water partition coefficient (Wildman–Crippen LogP) is 3.12. The minimum Gasteiger partial charge on any atom is -0.445 e. The maximum Gasteiger partial charge on any atom is 0.408 e. The second kappa shape index (κ2) is 11.3. The van der Waals surface area contributed by atoms with E-state index in [2.05, 4.69) is 16.2 Å². The van der Waals surface area contributed by atoms with Gasteiger partial charge in [-0.05, 0) is 35.4 Å². The van der Waals surface area contributed by atoms with Crippen LogP contribution in [0.3, 0.4) is 0 Å². The molecule has 0 bridgehead atoms. The lowest BCUT2D eigenvalue weighted by molar-refractivity contribution is -0.123. The van der Waals surface area contributed by atoms with Crippen LogP contribution < -0.4 is 16.2 Å². The molecule has 0 aliphatic carbocycles. The van der Waals surface area contributed by atoms with Crippen LogP contribution in [-0.2, 0) is 22.6 Å². The molecule has 0 fully saturated rings. The Morgan fingerprint density at radius 1 is 0.781 bits per heavy atom. The summed E-state index contributed by atoms with van der Waals surface area (Å²) < 4.78 is 18.2. The van der Waals surface area contributed by atoms with Crippen LogP contribution >= 0.6 is 0 Å². The summed E-state index contributed by atoms with van der Waals surface area (Å²) in [7, 11) is 0. The molecule has 8 heteroatoms. The van der Waals surface area contributed by atoms with E-state index in [1.807, 2.05) is 60.7 Å². The molecule has 0 spiro atoms. The number of carbonyl (C=O) groups is 3. The van der Waals surface area contributed by atoms with E-state index in [-0.39, 0.29) is 18.6 Å². The van der Waals surface area contributed by atoms with Crippen LogP contribution in [0.25, 0.3) is 0 Å². The van der Waals surface area contributed by atoms with Gasteiger partial charge in [0.2, 0.25) is 0 Å². The highest BCUT2D eigenvalue weighted by Gasteiger charge is 2.23. The lowest BCUT2D eigenvalue weighted by Crippen LogP contribution is -2.53. The number of benzene rings is 3. The zero-order valence-electron chi connectivity index (χ0n) is 17.1. The molecule has 3 rings (SSSR count). The number of amides is 3. The van der Waals surface area contributed by atoms with Gasteiger partial charge in [0, 0.05) is 12.0 Å². The van der Waals surface area contributed by atoms with E-state index in [1.54, 1.807) is 0 Å². The Labute approximate surface area is 184 Å². The summed E-state index contributed by atoms with van der Waals surface area (Å²) in [6.07, 6.45) is -0.589. The van der Waals surface area contributed by atoms with E-state index < -0.39 is 29.8 Å². The Morgan fingerprint density at radius 3 is 2.00 bits per heavy atom. The van der Waals surface area contributed by atoms with Gasteiger partial charge in [0.1, 0.15) is 18.5 Å². The Hall–Kier alpha value is -4.20. The van der Waals surface area contributed by atoms with Crippen molar-refractivity contribution in [2.75, 3.05) is 0 Å². The first-order valence-electron chi connectivity index (χ1n) is 9.88. The molecule has 0 aromatic heterocycles. The topological polar surface area (TPSA) is 96.5 Å². The van der Waals surface area contributed by atoms with Gasteiger partial charge in [0.25, 0.3) is 11.8 Å². The molecule has 3 amide bonds. The van der Waals surface area contributed by atoms with Crippen LogP contribution in [0.1, 0.15) is 21.5 Å². The molecule has 0 radical (unpaired) electrons. The van der Waals surface area contributed by atoms with Crippen molar-refractivity contribution in [3.63, 3.8) is 0 Å². The molecule has 3 N–H and O–H groups in total. The average Bonchev–Trinajstić information content (AvgIpc) is 2.82. The second-order valence-corrected chi connectivity index (χ2v) is 6.90. The summed E-state index contributed by atoms with van der Waals surface area (Å²) in [5.41, 5.74) is 6.33. The standard InChI is InChI=1S/C24H22FN3O4/c25-20-13-11-19(12-14-20)22(29)27-28-23(30)21(15-17-7-3-1-4-8-17)26-24(31)32-16-18-9-5-2-6-10-18/h1-14,21H,15-16H2,(H,26,31)(H,27,29)(H,28,30)/t21-/m0/s1. The van der Waals surface area contributed by atoms with Gasteiger partial charge in [-0.2, -0.15) is 0 Å². The van der Waals surface area contributed by atoms with E-state index in [4.69, 9.17) is 4.74 Å². The fourth-order valence-electron chi connectivity index (χ4n) is 2.85. The summed E-state index contributed by atoms with van der Waals surface area (Å²) in [4.78, 5) is 37.1. The number of ether oxygens (including phenoxy) is 1. The van der Waals surface area contributed by atoms with E-state index in [1.165, 1.54) is 12.1 Å². The Kier molecular flexibility index (Phi) is 7.91. The molecule has 32 heavy (non-hydrogen) atoms. The van der Waals surface area contributed by atoms with Gasteiger partial charge in [0.15, 0.2) is 0 Å². The van der Waals surface area contributed by atoms with Gasteiger partial charge >= 0.3 is 6.09 Å². The van der Waals surface area contributed by atoms with Crippen molar-refractivity contribution < 1.29 is 23.5 Å². The molecule has 0 heterocycles. The summed E-state index contributed by atoms with van der Waals surface area (Å²) >= 11 is 0. The number of halogens is 1. The molecule has 1 atom stereocenters. The third-order valence-electron chi connectivity index (χ3n) is 4.51. The number of rotatable bonds is 7. The summed E-state index contributed by atoms with van der Waals surface area (Å²) in [6, 6.07) is 22.1. The van der Waals surface area contributed by atoms with Crippen LogP contribution in [0.15, 0.2) is 84.9 Å². The van der Waals surface area contributed by atoms with Crippen molar-refractivity contribution in [2.45, 2.75) is 19.1 Å². The van der Waals surface area contributed by atoms with Crippen LogP contribution in [0.2, 0.25) is 0 Å². The highest BCUT2D eigenvalue weighted by atomic mass is 19.1. The smallest absolute Gasteiger partial charge is 0.408 e. The van der Waals surface area contributed by atoms with E-state index in [9.17, 15) is 18.8 Å². The minimum atomic E-state index is -1.01. The molecule has 0 unspecified atom stereocenters. The second-order valence-electron chi connectivity index (χ2n) is 6.90. The average molecular weight is 435 g/mol. The van der Waals surface area contributed by atoms with E-state index in [0.717, 1.165) is 23.3 Å². The fraction of sp³-hybridized carbons (Fsp3) is 0.125.